The van der Waals surface area contributed by atoms with Crippen LogP contribution in [0.5, 0.6) is 0 Å². The fourth-order valence-electron chi connectivity index (χ4n) is 1.63. The summed E-state index contributed by atoms with van der Waals surface area (Å²) in [5.41, 5.74) is 6.85. The highest BCUT2D eigenvalue weighted by molar-refractivity contribution is 7.07. The molecule has 1 aromatic rings. The molecule has 1 fully saturated rings. The molecule has 4 heteroatoms. The van der Waals surface area contributed by atoms with E-state index in [1.54, 1.807) is 11.3 Å². The summed E-state index contributed by atoms with van der Waals surface area (Å²) in [4.78, 5) is 11.8. The van der Waals surface area contributed by atoms with Crippen LogP contribution in [0.4, 0.5) is 0 Å². The van der Waals surface area contributed by atoms with Gasteiger partial charge in [0, 0.05) is 12.5 Å². The maximum absolute atomic E-state index is 11.8. The lowest BCUT2D eigenvalue weighted by molar-refractivity contribution is -0.122. The molecule has 3 nitrogen and oxygen atoms in total. The molecule has 0 aromatic carbocycles. The summed E-state index contributed by atoms with van der Waals surface area (Å²) < 4.78 is 5.17. The van der Waals surface area contributed by atoms with Gasteiger partial charge in [0.05, 0.1) is 19.1 Å². The zero-order valence-corrected chi connectivity index (χ0v) is 8.63. The lowest BCUT2D eigenvalue weighted by atomic mass is 9.95. The number of hydrogen-bond acceptors (Lipinski definition) is 4. The third-order valence-electron chi connectivity index (χ3n) is 2.50. The number of nitrogens with two attached hydrogens (primary N) is 1. The molecule has 1 aromatic heterocycles. The largest absolute Gasteiger partial charge is 0.379 e. The summed E-state index contributed by atoms with van der Waals surface area (Å²) in [6.45, 7) is 1.00. The molecule has 0 radical (unpaired) electrons. The zero-order valence-electron chi connectivity index (χ0n) is 7.81. The number of ether oxygens (including phenoxy) is 1. The van der Waals surface area contributed by atoms with Crippen LogP contribution in [0.15, 0.2) is 16.8 Å². The summed E-state index contributed by atoms with van der Waals surface area (Å²) in [6.07, 6.45) is 0.491. The predicted molar refractivity (Wildman–Crippen MR) is 55.3 cm³/mol. The van der Waals surface area contributed by atoms with Crippen molar-refractivity contribution in [2.75, 3.05) is 13.2 Å². The van der Waals surface area contributed by atoms with Crippen molar-refractivity contribution in [2.24, 2.45) is 11.7 Å². The second-order valence-electron chi connectivity index (χ2n) is 3.58. The molecule has 1 aliphatic heterocycles. The van der Waals surface area contributed by atoms with E-state index < -0.39 is 0 Å². The third kappa shape index (κ3) is 2.03. The maximum Gasteiger partial charge on any atom is 0.144 e. The van der Waals surface area contributed by atoms with Crippen molar-refractivity contribution in [3.05, 3.63) is 22.4 Å². The van der Waals surface area contributed by atoms with Gasteiger partial charge in [0.25, 0.3) is 0 Å². The number of Topliss-reactive ketones (excluding diaryl/α,β-unsaturated/α-hetero) is 1. The normalized spacial score (nSPS) is 26.6. The first-order valence-electron chi connectivity index (χ1n) is 4.64. The van der Waals surface area contributed by atoms with Crippen LogP contribution < -0.4 is 5.73 Å². The first-order chi connectivity index (χ1) is 6.77. The van der Waals surface area contributed by atoms with Gasteiger partial charge in [0.1, 0.15) is 5.78 Å². The fourth-order valence-corrected chi connectivity index (χ4v) is 2.30. The average Bonchev–Trinajstić information content (AvgIpc) is 2.75. The second-order valence-corrected chi connectivity index (χ2v) is 4.36. The number of thiophene rings is 1. The first-order valence-corrected chi connectivity index (χ1v) is 5.59. The van der Waals surface area contributed by atoms with Crippen LogP contribution in [0.3, 0.4) is 0 Å². The van der Waals surface area contributed by atoms with Gasteiger partial charge >= 0.3 is 0 Å². The average molecular weight is 211 g/mol. The van der Waals surface area contributed by atoms with E-state index >= 15 is 0 Å². The van der Waals surface area contributed by atoms with Gasteiger partial charge in [-0.1, -0.05) is 0 Å². The molecule has 1 saturated heterocycles. The molecule has 2 N–H and O–H groups in total. The monoisotopic (exact) mass is 211 g/mol. The molecular formula is C10H13NO2S. The molecule has 76 valence electrons. The lowest BCUT2D eigenvalue weighted by Crippen LogP contribution is -2.34. The molecule has 14 heavy (non-hydrogen) atoms. The van der Waals surface area contributed by atoms with Gasteiger partial charge in [-0.15, -0.1) is 0 Å². The number of hydrogen-bond donors (Lipinski definition) is 1. The number of rotatable bonds is 3. The molecule has 0 spiro atoms. The summed E-state index contributed by atoms with van der Waals surface area (Å²) in [6, 6.07) is 1.87. The van der Waals surface area contributed by atoms with Crippen LogP contribution in [0.2, 0.25) is 0 Å². The molecule has 2 unspecified atom stereocenters. The Hall–Kier alpha value is -0.710. The van der Waals surface area contributed by atoms with Crippen LogP contribution in [0.25, 0.3) is 0 Å². The van der Waals surface area contributed by atoms with E-state index in [0.717, 1.165) is 5.56 Å². The SMILES string of the molecule is NC1COCC1C(=O)Cc1ccsc1. The Balaban J connectivity index is 1.95. The van der Waals surface area contributed by atoms with E-state index in [9.17, 15) is 4.79 Å². The topological polar surface area (TPSA) is 52.3 Å². The number of carbonyl (C=O) groups excluding carboxylic acids is 1. The van der Waals surface area contributed by atoms with Crippen molar-refractivity contribution in [3.8, 4) is 0 Å². The molecule has 0 amide bonds. The van der Waals surface area contributed by atoms with Crippen LogP contribution in [-0.4, -0.2) is 25.0 Å². The minimum Gasteiger partial charge on any atom is -0.379 e. The molecule has 0 aliphatic carbocycles. The van der Waals surface area contributed by atoms with Gasteiger partial charge in [-0.3, -0.25) is 4.79 Å². The lowest BCUT2D eigenvalue weighted by Gasteiger charge is -2.10. The number of carbonyl (C=O) groups is 1. The van der Waals surface area contributed by atoms with Crippen molar-refractivity contribution >= 4 is 17.1 Å². The summed E-state index contributed by atoms with van der Waals surface area (Å²) in [5.74, 6) is 0.100. The van der Waals surface area contributed by atoms with Gasteiger partial charge < -0.3 is 10.5 Å². The molecule has 2 atom stereocenters. The van der Waals surface area contributed by atoms with Crippen molar-refractivity contribution < 1.29 is 9.53 Å². The van der Waals surface area contributed by atoms with Crippen molar-refractivity contribution in [1.29, 1.82) is 0 Å². The van der Waals surface area contributed by atoms with Crippen LogP contribution in [0, 0.1) is 5.92 Å². The van der Waals surface area contributed by atoms with Crippen LogP contribution in [0.1, 0.15) is 5.56 Å². The number of ketones is 1. The smallest absolute Gasteiger partial charge is 0.144 e. The molecule has 1 aliphatic rings. The highest BCUT2D eigenvalue weighted by Crippen LogP contribution is 2.16. The predicted octanol–water partition coefficient (Wildman–Crippen LogP) is 0.833. The van der Waals surface area contributed by atoms with Crippen molar-refractivity contribution in [2.45, 2.75) is 12.5 Å². The van der Waals surface area contributed by atoms with Crippen molar-refractivity contribution in [1.82, 2.24) is 0 Å². The van der Waals surface area contributed by atoms with Gasteiger partial charge in [0.2, 0.25) is 0 Å². The van der Waals surface area contributed by atoms with E-state index in [1.807, 2.05) is 16.8 Å². The highest BCUT2D eigenvalue weighted by Gasteiger charge is 2.30. The highest BCUT2D eigenvalue weighted by atomic mass is 32.1. The van der Waals surface area contributed by atoms with Crippen LogP contribution in [-0.2, 0) is 16.0 Å². The second kappa shape index (κ2) is 4.21. The Kier molecular flexibility index (Phi) is 2.96. The minimum atomic E-state index is -0.110. The standard InChI is InChI=1S/C10H13NO2S/c11-9-5-13-4-8(9)10(12)3-7-1-2-14-6-7/h1-2,6,8-9H,3-5,11H2. The quantitative estimate of drug-likeness (QED) is 0.805. The Morgan fingerprint density at radius 2 is 2.50 bits per heavy atom. The summed E-state index contributed by atoms with van der Waals surface area (Å²) in [7, 11) is 0. The van der Waals surface area contributed by atoms with Gasteiger partial charge in [0.15, 0.2) is 0 Å². The Morgan fingerprint density at radius 1 is 1.64 bits per heavy atom. The summed E-state index contributed by atoms with van der Waals surface area (Å²) >= 11 is 1.61. The zero-order chi connectivity index (χ0) is 9.97. The molecule has 2 heterocycles. The van der Waals surface area contributed by atoms with Gasteiger partial charge in [-0.05, 0) is 22.4 Å². The van der Waals surface area contributed by atoms with E-state index in [0.29, 0.717) is 19.6 Å². The molecule has 0 saturated carbocycles. The Labute approximate surface area is 86.9 Å². The maximum atomic E-state index is 11.8. The Bertz CT molecular complexity index is 310. The van der Waals surface area contributed by atoms with E-state index in [4.69, 9.17) is 10.5 Å². The summed E-state index contributed by atoms with van der Waals surface area (Å²) in [5, 5.41) is 3.98. The van der Waals surface area contributed by atoms with E-state index in [2.05, 4.69) is 0 Å². The van der Waals surface area contributed by atoms with E-state index in [1.165, 1.54) is 0 Å². The van der Waals surface area contributed by atoms with Gasteiger partial charge in [-0.25, -0.2) is 0 Å². The van der Waals surface area contributed by atoms with Crippen molar-refractivity contribution in [3.63, 3.8) is 0 Å². The first kappa shape index (κ1) is 9.83. The third-order valence-corrected chi connectivity index (χ3v) is 3.23. The van der Waals surface area contributed by atoms with E-state index in [-0.39, 0.29) is 17.7 Å². The molecular weight excluding hydrogens is 198 g/mol. The fraction of sp³-hybridized carbons (Fsp3) is 0.500. The minimum absolute atomic E-state index is 0.102. The van der Waals surface area contributed by atoms with Gasteiger partial charge in [-0.2, -0.15) is 11.3 Å². The molecule has 0 bridgehead atoms. The molecule has 2 rings (SSSR count). The Morgan fingerprint density at radius 3 is 3.07 bits per heavy atom. The van der Waals surface area contributed by atoms with Crippen LogP contribution >= 0.6 is 11.3 Å².